The molecule has 9 heteroatoms. The molecule has 0 saturated carbocycles. The number of nitrogens with one attached hydrogen (secondary N) is 2. The van der Waals surface area contributed by atoms with Crippen molar-refractivity contribution >= 4 is 17.7 Å². The van der Waals surface area contributed by atoms with E-state index in [1.165, 1.54) is 18.1 Å². The van der Waals surface area contributed by atoms with Gasteiger partial charge in [-0.3, -0.25) is 14.4 Å². The molecule has 0 aliphatic carbocycles. The van der Waals surface area contributed by atoms with E-state index in [2.05, 4.69) is 10.6 Å². The number of aliphatic hydroxyl groups is 1. The number of hydrogen-bond acceptors (Lipinski definition) is 6. The third kappa shape index (κ3) is 6.89. The van der Waals surface area contributed by atoms with Crippen molar-refractivity contribution in [2.24, 2.45) is 5.41 Å². The van der Waals surface area contributed by atoms with Gasteiger partial charge >= 0.3 is 0 Å². The summed E-state index contributed by atoms with van der Waals surface area (Å²) in [5.74, 6) is -1.61. The van der Waals surface area contributed by atoms with Gasteiger partial charge in [-0.15, -0.1) is 0 Å². The predicted molar refractivity (Wildman–Crippen MR) is 163 cm³/mol. The summed E-state index contributed by atoms with van der Waals surface area (Å²) in [6.45, 7) is 7.71. The van der Waals surface area contributed by atoms with Crippen molar-refractivity contribution in [1.29, 1.82) is 0 Å². The summed E-state index contributed by atoms with van der Waals surface area (Å²) in [7, 11) is 1.54. The summed E-state index contributed by atoms with van der Waals surface area (Å²) in [5, 5.41) is 27.5. The first-order valence-corrected chi connectivity index (χ1v) is 14.4. The van der Waals surface area contributed by atoms with Gasteiger partial charge in [0.1, 0.15) is 11.8 Å². The van der Waals surface area contributed by atoms with Crippen LogP contribution in [-0.4, -0.2) is 70.8 Å². The first kappa shape index (κ1) is 31.7. The topological polar surface area (TPSA) is 128 Å². The molecule has 4 N–H and O–H groups in total. The molecule has 3 amide bonds. The van der Waals surface area contributed by atoms with Crippen molar-refractivity contribution in [3.05, 3.63) is 101 Å². The number of carbonyl (C=O) groups excluding carboxylic acids is 3. The van der Waals surface area contributed by atoms with Gasteiger partial charge in [0.25, 0.3) is 11.8 Å². The zero-order valence-electron chi connectivity index (χ0n) is 25.3. The van der Waals surface area contributed by atoms with Gasteiger partial charge in [0, 0.05) is 36.7 Å². The Morgan fingerprint density at radius 1 is 1.00 bits per heavy atom. The maximum absolute atomic E-state index is 14.1. The number of aliphatic hydroxyl groups excluding tert-OH is 1. The SMILES string of the molecule is CO[C@@H]1CN(C(=O)[C@@H](O)[C@H](Cc2ccccc2)NC(=O)c2cccc(O)c2C)[C@H](C(=O)NCc2ccccc2C)C1(C)C. The van der Waals surface area contributed by atoms with Crippen LogP contribution in [0.15, 0.2) is 72.8 Å². The summed E-state index contributed by atoms with van der Waals surface area (Å²) >= 11 is 0. The minimum Gasteiger partial charge on any atom is -0.508 e. The van der Waals surface area contributed by atoms with E-state index >= 15 is 0 Å². The molecule has 0 unspecified atom stereocenters. The molecule has 3 aromatic rings. The van der Waals surface area contributed by atoms with Gasteiger partial charge < -0.3 is 30.5 Å². The van der Waals surface area contributed by atoms with Crippen molar-refractivity contribution < 1.29 is 29.3 Å². The molecular weight excluding hydrogens is 546 g/mol. The number of carbonyl (C=O) groups is 3. The van der Waals surface area contributed by atoms with Gasteiger partial charge in [-0.05, 0) is 49.1 Å². The van der Waals surface area contributed by atoms with Gasteiger partial charge in [0.05, 0.1) is 12.1 Å². The maximum Gasteiger partial charge on any atom is 0.254 e. The second-order valence-electron chi connectivity index (χ2n) is 11.7. The van der Waals surface area contributed by atoms with E-state index in [1.807, 2.05) is 75.4 Å². The van der Waals surface area contributed by atoms with E-state index in [-0.39, 0.29) is 36.7 Å². The van der Waals surface area contributed by atoms with Gasteiger partial charge in [-0.25, -0.2) is 0 Å². The largest absolute Gasteiger partial charge is 0.508 e. The fraction of sp³-hybridized carbons (Fsp3) is 0.382. The molecule has 1 saturated heterocycles. The summed E-state index contributed by atoms with van der Waals surface area (Å²) < 4.78 is 5.70. The minimum atomic E-state index is -1.67. The van der Waals surface area contributed by atoms with Gasteiger partial charge in [-0.2, -0.15) is 0 Å². The fourth-order valence-corrected chi connectivity index (χ4v) is 5.83. The molecule has 9 nitrogen and oxygen atoms in total. The third-order valence-corrected chi connectivity index (χ3v) is 8.54. The minimum absolute atomic E-state index is 0.0339. The quantitative estimate of drug-likeness (QED) is 0.288. The number of hydrogen-bond donors (Lipinski definition) is 4. The number of likely N-dealkylation sites (tertiary alicyclic amines) is 1. The van der Waals surface area contributed by atoms with Crippen LogP contribution in [0.1, 0.15) is 46.5 Å². The summed E-state index contributed by atoms with van der Waals surface area (Å²) in [4.78, 5) is 42.5. The highest BCUT2D eigenvalue weighted by Crippen LogP contribution is 2.39. The van der Waals surface area contributed by atoms with E-state index in [1.54, 1.807) is 19.1 Å². The van der Waals surface area contributed by atoms with Crippen LogP contribution in [0.3, 0.4) is 0 Å². The Kier molecular flexibility index (Phi) is 9.88. The molecular formula is C34H41N3O6. The Labute approximate surface area is 252 Å². The molecule has 4 atom stereocenters. The highest BCUT2D eigenvalue weighted by atomic mass is 16.5. The molecule has 0 radical (unpaired) electrons. The lowest BCUT2D eigenvalue weighted by molar-refractivity contribution is -0.148. The van der Waals surface area contributed by atoms with Crippen molar-refractivity contribution in [1.82, 2.24) is 15.5 Å². The molecule has 228 valence electrons. The van der Waals surface area contributed by atoms with Crippen LogP contribution in [0.2, 0.25) is 0 Å². The van der Waals surface area contributed by atoms with Crippen LogP contribution in [-0.2, 0) is 27.3 Å². The molecule has 0 bridgehead atoms. The summed E-state index contributed by atoms with van der Waals surface area (Å²) in [6, 6.07) is 19.6. The summed E-state index contributed by atoms with van der Waals surface area (Å²) in [6.07, 6.45) is -1.97. The Bertz CT molecular complexity index is 1460. The van der Waals surface area contributed by atoms with Gasteiger partial charge in [-0.1, -0.05) is 74.5 Å². The van der Waals surface area contributed by atoms with Crippen molar-refractivity contribution in [3.8, 4) is 5.75 Å². The smallest absolute Gasteiger partial charge is 0.254 e. The molecule has 1 aliphatic heterocycles. The molecule has 1 heterocycles. The Balaban J connectivity index is 1.61. The van der Waals surface area contributed by atoms with Crippen molar-refractivity contribution in [3.63, 3.8) is 0 Å². The molecule has 1 aliphatic rings. The van der Waals surface area contributed by atoms with Gasteiger partial charge in [0.15, 0.2) is 6.10 Å². The molecule has 0 spiro atoms. The first-order valence-electron chi connectivity index (χ1n) is 14.4. The lowest BCUT2D eigenvalue weighted by Crippen LogP contribution is -2.57. The lowest BCUT2D eigenvalue weighted by Gasteiger charge is -2.34. The number of methoxy groups -OCH3 is 1. The second-order valence-corrected chi connectivity index (χ2v) is 11.7. The van der Waals surface area contributed by atoms with Crippen LogP contribution in [0, 0.1) is 19.3 Å². The molecule has 4 rings (SSSR count). The van der Waals surface area contributed by atoms with Crippen LogP contribution in [0.5, 0.6) is 5.75 Å². The number of aromatic hydroxyl groups is 1. The number of phenols is 1. The average molecular weight is 588 g/mol. The van der Waals surface area contributed by atoms with Crippen LogP contribution in [0.4, 0.5) is 0 Å². The number of ether oxygens (including phenoxy) is 1. The molecule has 0 aromatic heterocycles. The summed E-state index contributed by atoms with van der Waals surface area (Å²) in [5.41, 5.74) is 2.64. The molecule has 43 heavy (non-hydrogen) atoms. The van der Waals surface area contributed by atoms with E-state index in [0.717, 1.165) is 16.7 Å². The highest BCUT2D eigenvalue weighted by Gasteiger charge is 2.54. The van der Waals surface area contributed by atoms with Crippen LogP contribution < -0.4 is 10.6 Å². The van der Waals surface area contributed by atoms with E-state index in [9.17, 15) is 24.6 Å². The Hall–Kier alpha value is -4.21. The highest BCUT2D eigenvalue weighted by molar-refractivity contribution is 5.97. The molecule has 1 fully saturated rings. The zero-order chi connectivity index (χ0) is 31.3. The van der Waals surface area contributed by atoms with E-state index in [4.69, 9.17) is 4.74 Å². The number of nitrogens with zero attached hydrogens (tertiary/aromatic N) is 1. The predicted octanol–water partition coefficient (Wildman–Crippen LogP) is 3.28. The van der Waals surface area contributed by atoms with E-state index in [0.29, 0.717) is 5.56 Å². The van der Waals surface area contributed by atoms with Crippen LogP contribution in [0.25, 0.3) is 0 Å². The zero-order valence-corrected chi connectivity index (χ0v) is 25.3. The number of amides is 3. The standard InChI is InChI=1S/C34H41N3O6/c1-21-12-9-10-15-24(21)19-35-32(41)30-34(3,4)28(43-5)20-37(30)33(42)29(39)26(18-23-13-7-6-8-14-23)36-31(40)25-16-11-17-27(38)22(25)2/h6-17,26,28-30,38-39H,18-20H2,1-5H3,(H,35,41)(H,36,40)/t26-,28+,29-,30+/m0/s1. The van der Waals surface area contributed by atoms with E-state index < -0.39 is 41.5 Å². The normalized spacial score (nSPS) is 19.0. The number of rotatable bonds is 10. The Morgan fingerprint density at radius 2 is 1.67 bits per heavy atom. The number of phenolic OH excluding ortho intramolecular Hbond substituents is 1. The average Bonchev–Trinajstić information content (AvgIpc) is 3.27. The third-order valence-electron chi connectivity index (χ3n) is 8.54. The molecule has 3 aromatic carbocycles. The fourth-order valence-electron chi connectivity index (χ4n) is 5.83. The number of aryl methyl sites for hydroxylation is 1. The first-order chi connectivity index (χ1) is 20.4. The second kappa shape index (κ2) is 13.4. The van der Waals surface area contributed by atoms with Crippen molar-refractivity contribution in [2.75, 3.05) is 13.7 Å². The van der Waals surface area contributed by atoms with Gasteiger partial charge in [0.2, 0.25) is 5.91 Å². The Morgan fingerprint density at radius 3 is 2.35 bits per heavy atom. The monoisotopic (exact) mass is 587 g/mol. The lowest BCUT2D eigenvalue weighted by atomic mass is 9.81. The van der Waals surface area contributed by atoms with Crippen molar-refractivity contribution in [2.45, 2.75) is 65.0 Å². The maximum atomic E-state index is 14.1. The van der Waals surface area contributed by atoms with Crippen LogP contribution >= 0.6 is 0 Å². The number of benzene rings is 3.